The van der Waals surface area contributed by atoms with E-state index in [1.165, 1.54) is 12.8 Å². The second-order valence-corrected chi connectivity index (χ2v) is 5.29. The third-order valence-corrected chi connectivity index (χ3v) is 3.47. The summed E-state index contributed by atoms with van der Waals surface area (Å²) in [6, 6.07) is 8.27. The van der Waals surface area contributed by atoms with E-state index in [1.807, 2.05) is 30.3 Å². The van der Waals surface area contributed by atoms with E-state index in [4.69, 9.17) is 0 Å². The molecule has 2 nitrogen and oxygen atoms in total. The second kappa shape index (κ2) is 6.01. The van der Waals surface area contributed by atoms with E-state index in [0.717, 1.165) is 22.9 Å². The van der Waals surface area contributed by atoms with Gasteiger partial charge in [0, 0.05) is 16.6 Å². The molecular weight excluding hydrogens is 278 g/mol. The Morgan fingerprint density at radius 1 is 1.35 bits per heavy atom. The summed E-state index contributed by atoms with van der Waals surface area (Å²) in [5.41, 5.74) is 1.03. The Hall–Kier alpha value is -1.09. The molecule has 0 bridgehead atoms. The summed E-state index contributed by atoms with van der Waals surface area (Å²) in [6.45, 7) is 0. The van der Waals surface area contributed by atoms with Crippen molar-refractivity contribution in [3.8, 4) is 0 Å². The maximum absolute atomic E-state index is 11.6. The quantitative estimate of drug-likeness (QED) is 0.849. The van der Waals surface area contributed by atoms with E-state index in [-0.39, 0.29) is 5.91 Å². The Morgan fingerprint density at radius 3 is 2.82 bits per heavy atom. The zero-order valence-corrected chi connectivity index (χ0v) is 11.2. The van der Waals surface area contributed by atoms with Crippen molar-refractivity contribution in [1.82, 2.24) is 5.32 Å². The molecule has 0 heterocycles. The van der Waals surface area contributed by atoms with Gasteiger partial charge in [-0.05, 0) is 36.6 Å². The number of carbonyl (C=O) groups excluding carboxylic acids is 1. The van der Waals surface area contributed by atoms with Gasteiger partial charge in [0.25, 0.3) is 0 Å². The minimum absolute atomic E-state index is 0.0110. The van der Waals surface area contributed by atoms with Gasteiger partial charge in [0.1, 0.15) is 0 Å². The highest BCUT2D eigenvalue weighted by Crippen LogP contribution is 2.17. The molecule has 0 unspecified atom stereocenters. The molecule has 1 aromatic carbocycles. The van der Waals surface area contributed by atoms with Gasteiger partial charge in [0.05, 0.1) is 0 Å². The Labute approximate surface area is 110 Å². The SMILES string of the molecule is O=C(/C=C\c1cccc(Br)c1)NC1CCCC1. The molecule has 2 rings (SSSR count). The zero-order chi connectivity index (χ0) is 12.1. The highest BCUT2D eigenvalue weighted by molar-refractivity contribution is 9.10. The summed E-state index contributed by atoms with van der Waals surface area (Å²) in [5, 5.41) is 3.03. The van der Waals surface area contributed by atoms with Crippen LogP contribution in [0.25, 0.3) is 6.08 Å². The van der Waals surface area contributed by atoms with Crippen molar-refractivity contribution in [2.45, 2.75) is 31.7 Å². The summed E-state index contributed by atoms with van der Waals surface area (Å²) in [4.78, 5) is 11.6. The van der Waals surface area contributed by atoms with E-state index in [9.17, 15) is 4.79 Å². The predicted octanol–water partition coefficient (Wildman–Crippen LogP) is 3.52. The molecular formula is C14H16BrNO. The molecule has 1 aromatic rings. The molecule has 0 atom stereocenters. The van der Waals surface area contributed by atoms with Gasteiger partial charge >= 0.3 is 0 Å². The van der Waals surface area contributed by atoms with Crippen LogP contribution in [0.4, 0.5) is 0 Å². The Kier molecular flexibility index (Phi) is 4.37. The smallest absolute Gasteiger partial charge is 0.244 e. The summed E-state index contributed by atoms with van der Waals surface area (Å²) in [5.74, 6) is 0.0110. The molecule has 0 radical (unpaired) electrons. The maximum Gasteiger partial charge on any atom is 0.244 e. The van der Waals surface area contributed by atoms with Crippen LogP contribution in [0, 0.1) is 0 Å². The van der Waals surface area contributed by atoms with Crippen molar-refractivity contribution in [2.75, 3.05) is 0 Å². The average Bonchev–Trinajstić information content (AvgIpc) is 2.79. The summed E-state index contributed by atoms with van der Waals surface area (Å²) in [6.07, 6.45) is 8.17. The first-order chi connectivity index (χ1) is 8.24. The standard InChI is InChI=1S/C14H16BrNO/c15-12-5-3-4-11(10-12)8-9-14(17)16-13-6-1-2-7-13/h3-5,8-10,13H,1-2,6-7H2,(H,16,17)/b9-8-. The fourth-order valence-electron chi connectivity index (χ4n) is 2.10. The van der Waals surface area contributed by atoms with E-state index >= 15 is 0 Å². The third kappa shape index (κ3) is 4.00. The monoisotopic (exact) mass is 293 g/mol. The number of amides is 1. The van der Waals surface area contributed by atoms with Crippen LogP contribution >= 0.6 is 15.9 Å². The lowest BCUT2D eigenvalue weighted by Gasteiger charge is -2.08. The van der Waals surface area contributed by atoms with Gasteiger partial charge in [-0.25, -0.2) is 0 Å². The van der Waals surface area contributed by atoms with E-state index in [1.54, 1.807) is 6.08 Å². The van der Waals surface area contributed by atoms with E-state index in [0.29, 0.717) is 6.04 Å². The number of carbonyl (C=O) groups is 1. The summed E-state index contributed by atoms with van der Waals surface area (Å²) >= 11 is 3.41. The average molecular weight is 294 g/mol. The number of benzene rings is 1. The van der Waals surface area contributed by atoms with Crippen molar-refractivity contribution in [3.63, 3.8) is 0 Å². The largest absolute Gasteiger partial charge is 0.350 e. The summed E-state index contributed by atoms with van der Waals surface area (Å²) < 4.78 is 1.02. The fraction of sp³-hybridized carbons (Fsp3) is 0.357. The van der Waals surface area contributed by atoms with Crippen molar-refractivity contribution in [2.24, 2.45) is 0 Å². The first kappa shape index (κ1) is 12.4. The highest BCUT2D eigenvalue weighted by atomic mass is 79.9. The Balaban J connectivity index is 1.89. The molecule has 1 saturated carbocycles. The first-order valence-corrected chi connectivity index (χ1v) is 6.77. The van der Waals surface area contributed by atoms with Crippen molar-refractivity contribution < 1.29 is 4.79 Å². The van der Waals surface area contributed by atoms with Crippen LogP contribution in [-0.2, 0) is 4.79 Å². The molecule has 1 aliphatic rings. The minimum atomic E-state index is 0.0110. The minimum Gasteiger partial charge on any atom is -0.350 e. The Morgan fingerprint density at radius 2 is 2.12 bits per heavy atom. The molecule has 1 fully saturated rings. The van der Waals surface area contributed by atoms with Crippen LogP contribution in [0.1, 0.15) is 31.2 Å². The first-order valence-electron chi connectivity index (χ1n) is 5.98. The zero-order valence-electron chi connectivity index (χ0n) is 9.66. The van der Waals surface area contributed by atoms with Crippen molar-refractivity contribution in [3.05, 3.63) is 40.4 Å². The number of hydrogen-bond donors (Lipinski definition) is 1. The van der Waals surface area contributed by atoms with E-state index < -0.39 is 0 Å². The molecule has 0 saturated heterocycles. The van der Waals surface area contributed by atoms with Gasteiger partial charge in [0.15, 0.2) is 0 Å². The van der Waals surface area contributed by atoms with Crippen LogP contribution in [-0.4, -0.2) is 11.9 Å². The van der Waals surface area contributed by atoms with Crippen LogP contribution in [0.5, 0.6) is 0 Å². The lowest BCUT2D eigenvalue weighted by Crippen LogP contribution is -2.30. The summed E-state index contributed by atoms with van der Waals surface area (Å²) in [7, 11) is 0. The fourth-order valence-corrected chi connectivity index (χ4v) is 2.52. The van der Waals surface area contributed by atoms with Crippen LogP contribution in [0.15, 0.2) is 34.8 Å². The molecule has 0 spiro atoms. The molecule has 1 amide bonds. The lowest BCUT2D eigenvalue weighted by molar-refractivity contribution is -0.117. The number of nitrogens with one attached hydrogen (secondary N) is 1. The third-order valence-electron chi connectivity index (χ3n) is 2.98. The molecule has 17 heavy (non-hydrogen) atoms. The maximum atomic E-state index is 11.6. The van der Waals surface area contributed by atoms with Gasteiger partial charge < -0.3 is 5.32 Å². The van der Waals surface area contributed by atoms with Crippen LogP contribution < -0.4 is 5.32 Å². The van der Waals surface area contributed by atoms with Gasteiger partial charge in [-0.2, -0.15) is 0 Å². The number of halogens is 1. The van der Waals surface area contributed by atoms with Crippen LogP contribution in [0.2, 0.25) is 0 Å². The number of rotatable bonds is 3. The number of hydrogen-bond acceptors (Lipinski definition) is 1. The molecule has 0 aromatic heterocycles. The normalized spacial score (nSPS) is 16.5. The predicted molar refractivity (Wildman–Crippen MR) is 73.6 cm³/mol. The Bertz CT molecular complexity index is 422. The van der Waals surface area contributed by atoms with Gasteiger partial charge in [-0.1, -0.05) is 40.9 Å². The lowest BCUT2D eigenvalue weighted by atomic mass is 10.2. The molecule has 90 valence electrons. The van der Waals surface area contributed by atoms with Gasteiger partial charge in [0.2, 0.25) is 5.91 Å². The highest BCUT2D eigenvalue weighted by Gasteiger charge is 2.15. The molecule has 1 aliphatic carbocycles. The van der Waals surface area contributed by atoms with Crippen molar-refractivity contribution >= 4 is 27.9 Å². The molecule has 0 aliphatic heterocycles. The van der Waals surface area contributed by atoms with Gasteiger partial charge in [-0.3, -0.25) is 4.79 Å². The van der Waals surface area contributed by atoms with E-state index in [2.05, 4.69) is 21.2 Å². The van der Waals surface area contributed by atoms with Gasteiger partial charge in [-0.15, -0.1) is 0 Å². The second-order valence-electron chi connectivity index (χ2n) is 4.38. The van der Waals surface area contributed by atoms with Crippen LogP contribution in [0.3, 0.4) is 0 Å². The van der Waals surface area contributed by atoms with Crippen molar-refractivity contribution in [1.29, 1.82) is 0 Å². The molecule has 1 N–H and O–H groups in total. The topological polar surface area (TPSA) is 29.1 Å². The molecule has 3 heteroatoms.